The van der Waals surface area contributed by atoms with Gasteiger partial charge in [0.15, 0.2) is 0 Å². The monoisotopic (exact) mass is 341 g/mol. The van der Waals surface area contributed by atoms with Crippen molar-refractivity contribution in [3.05, 3.63) is 22.1 Å². The third-order valence-corrected chi connectivity index (χ3v) is 3.33. The van der Waals surface area contributed by atoms with Crippen molar-refractivity contribution in [2.45, 2.75) is 33.4 Å². The Labute approximate surface area is 137 Å². The van der Waals surface area contributed by atoms with Crippen LogP contribution < -0.4 is 5.32 Å². The highest BCUT2D eigenvalue weighted by Crippen LogP contribution is 2.11. The molecular formula is C13H19N5O6. The maximum atomic E-state index is 12.4. The standard InChI is InChI=1S/C13H19N5O6/c1-8(13(21)22)17(5-4-14-10(3)19)12(20)7-16-6-11(18(23)24)15-9(16)2/h6,8H,4-5,7H2,1-3H3,(H,14,19)(H,21,22). The molecule has 0 spiro atoms. The Kier molecular flexibility index (Phi) is 6.38. The summed E-state index contributed by atoms with van der Waals surface area (Å²) in [6.07, 6.45) is 1.12. The van der Waals surface area contributed by atoms with Crippen molar-refractivity contribution in [2.75, 3.05) is 13.1 Å². The van der Waals surface area contributed by atoms with Crippen LogP contribution in [0, 0.1) is 17.0 Å². The van der Waals surface area contributed by atoms with E-state index in [1.165, 1.54) is 25.3 Å². The number of nitro groups is 1. The summed E-state index contributed by atoms with van der Waals surface area (Å²) in [4.78, 5) is 49.3. The van der Waals surface area contributed by atoms with Crippen molar-refractivity contribution < 1.29 is 24.4 Å². The van der Waals surface area contributed by atoms with E-state index in [0.717, 1.165) is 11.1 Å². The Bertz CT molecular complexity index is 655. The normalized spacial score (nSPS) is 11.6. The van der Waals surface area contributed by atoms with Gasteiger partial charge in [0.2, 0.25) is 17.6 Å². The number of nitrogens with one attached hydrogen (secondary N) is 1. The van der Waals surface area contributed by atoms with Crippen LogP contribution in [0.4, 0.5) is 5.82 Å². The van der Waals surface area contributed by atoms with Crippen LogP contribution in [-0.4, -0.2) is 61.4 Å². The number of carboxylic acid groups (broad SMARTS) is 1. The van der Waals surface area contributed by atoms with Gasteiger partial charge in [0.1, 0.15) is 18.8 Å². The topological polar surface area (TPSA) is 148 Å². The third kappa shape index (κ3) is 5.04. The molecular weight excluding hydrogens is 322 g/mol. The number of hydrogen-bond donors (Lipinski definition) is 2. The Balaban J connectivity index is 2.88. The second-order valence-electron chi connectivity index (χ2n) is 5.12. The first-order valence-corrected chi connectivity index (χ1v) is 7.08. The van der Waals surface area contributed by atoms with E-state index in [-0.39, 0.29) is 31.4 Å². The molecule has 11 heteroatoms. The van der Waals surface area contributed by atoms with E-state index in [9.17, 15) is 24.5 Å². The van der Waals surface area contributed by atoms with E-state index in [4.69, 9.17) is 5.11 Å². The second kappa shape index (κ2) is 8.04. The van der Waals surface area contributed by atoms with Gasteiger partial charge >= 0.3 is 11.8 Å². The fourth-order valence-electron chi connectivity index (χ4n) is 2.00. The Hall–Kier alpha value is -2.98. The van der Waals surface area contributed by atoms with E-state index < -0.39 is 28.7 Å². The molecule has 1 aromatic rings. The van der Waals surface area contributed by atoms with Gasteiger partial charge in [0, 0.05) is 26.9 Å². The van der Waals surface area contributed by atoms with Crippen LogP contribution in [0.2, 0.25) is 0 Å². The van der Waals surface area contributed by atoms with Gasteiger partial charge in [-0.05, 0) is 16.8 Å². The van der Waals surface area contributed by atoms with Gasteiger partial charge in [-0.2, -0.15) is 0 Å². The van der Waals surface area contributed by atoms with E-state index in [1.807, 2.05) is 0 Å². The summed E-state index contributed by atoms with van der Waals surface area (Å²) >= 11 is 0. The molecule has 132 valence electrons. The molecule has 0 aliphatic heterocycles. The number of nitrogens with zero attached hydrogens (tertiary/aromatic N) is 4. The number of aliphatic carboxylic acids is 1. The first-order chi connectivity index (χ1) is 11.1. The number of carboxylic acids is 1. The molecule has 11 nitrogen and oxygen atoms in total. The number of amides is 2. The summed E-state index contributed by atoms with van der Waals surface area (Å²) in [5.74, 6) is -2.17. The fourth-order valence-corrected chi connectivity index (χ4v) is 2.00. The molecule has 0 saturated heterocycles. The molecule has 1 atom stereocenters. The second-order valence-corrected chi connectivity index (χ2v) is 5.12. The lowest BCUT2D eigenvalue weighted by Gasteiger charge is -2.26. The van der Waals surface area contributed by atoms with Gasteiger partial charge in [-0.3, -0.25) is 14.2 Å². The van der Waals surface area contributed by atoms with Crippen molar-refractivity contribution in [1.82, 2.24) is 19.8 Å². The van der Waals surface area contributed by atoms with Crippen LogP contribution in [0.1, 0.15) is 19.7 Å². The van der Waals surface area contributed by atoms with Crippen molar-refractivity contribution in [2.24, 2.45) is 0 Å². The summed E-state index contributed by atoms with van der Waals surface area (Å²) in [5.41, 5.74) is 0. The molecule has 0 fully saturated rings. The summed E-state index contributed by atoms with van der Waals surface area (Å²) < 4.78 is 1.28. The van der Waals surface area contributed by atoms with Gasteiger partial charge < -0.3 is 25.4 Å². The first kappa shape index (κ1) is 19.1. The maximum absolute atomic E-state index is 12.4. The van der Waals surface area contributed by atoms with Crippen LogP contribution in [-0.2, 0) is 20.9 Å². The molecule has 1 rings (SSSR count). The smallest absolute Gasteiger partial charge is 0.381 e. The minimum Gasteiger partial charge on any atom is -0.480 e. The summed E-state index contributed by atoms with van der Waals surface area (Å²) in [5, 5.41) is 22.3. The SMILES string of the molecule is CC(=O)NCCN(C(=O)Cn1cc([N+](=O)[O-])nc1C)C(C)C(=O)O. The highest BCUT2D eigenvalue weighted by Gasteiger charge is 2.27. The van der Waals surface area contributed by atoms with Crippen LogP contribution in [0.25, 0.3) is 0 Å². The van der Waals surface area contributed by atoms with E-state index in [2.05, 4.69) is 10.3 Å². The first-order valence-electron chi connectivity index (χ1n) is 7.08. The molecule has 0 aliphatic rings. The Morgan fingerprint density at radius 1 is 1.50 bits per heavy atom. The van der Waals surface area contributed by atoms with Crippen LogP contribution in [0.15, 0.2) is 6.20 Å². The van der Waals surface area contributed by atoms with Gasteiger partial charge in [-0.1, -0.05) is 0 Å². The van der Waals surface area contributed by atoms with Gasteiger partial charge in [-0.25, -0.2) is 4.79 Å². The molecule has 1 aromatic heterocycles. The highest BCUT2D eigenvalue weighted by atomic mass is 16.6. The lowest BCUT2D eigenvalue weighted by Crippen LogP contribution is -2.47. The molecule has 0 aromatic carbocycles. The fraction of sp³-hybridized carbons (Fsp3) is 0.538. The lowest BCUT2D eigenvalue weighted by atomic mass is 10.2. The molecule has 0 radical (unpaired) electrons. The van der Waals surface area contributed by atoms with E-state index in [1.54, 1.807) is 0 Å². The summed E-state index contributed by atoms with van der Waals surface area (Å²) in [6.45, 7) is 3.97. The van der Waals surface area contributed by atoms with Crippen LogP contribution in [0.5, 0.6) is 0 Å². The maximum Gasteiger partial charge on any atom is 0.381 e. The average Bonchev–Trinajstić information content (AvgIpc) is 2.84. The zero-order valence-electron chi connectivity index (χ0n) is 13.6. The number of aromatic nitrogens is 2. The third-order valence-electron chi connectivity index (χ3n) is 3.33. The summed E-state index contributed by atoms with van der Waals surface area (Å²) in [7, 11) is 0. The predicted octanol–water partition coefficient (Wildman–Crippen LogP) is -0.462. The molecule has 1 unspecified atom stereocenters. The number of rotatable bonds is 8. The van der Waals surface area contributed by atoms with Gasteiger partial charge in [-0.15, -0.1) is 0 Å². The Morgan fingerprint density at radius 3 is 2.58 bits per heavy atom. The quantitative estimate of drug-likeness (QED) is 0.480. The van der Waals surface area contributed by atoms with Crippen LogP contribution >= 0.6 is 0 Å². The lowest BCUT2D eigenvalue weighted by molar-refractivity contribution is -0.389. The molecule has 0 saturated carbocycles. The molecule has 24 heavy (non-hydrogen) atoms. The highest BCUT2D eigenvalue weighted by molar-refractivity contribution is 5.83. The number of hydrogen-bond acceptors (Lipinski definition) is 6. The minimum absolute atomic E-state index is 0.00170. The zero-order valence-corrected chi connectivity index (χ0v) is 13.6. The van der Waals surface area contributed by atoms with Crippen molar-refractivity contribution in [3.63, 3.8) is 0 Å². The largest absolute Gasteiger partial charge is 0.480 e. The van der Waals surface area contributed by atoms with E-state index >= 15 is 0 Å². The number of carbonyl (C=O) groups excluding carboxylic acids is 2. The average molecular weight is 341 g/mol. The predicted molar refractivity (Wildman–Crippen MR) is 81.1 cm³/mol. The van der Waals surface area contributed by atoms with Crippen molar-refractivity contribution in [3.8, 4) is 0 Å². The van der Waals surface area contributed by atoms with E-state index in [0.29, 0.717) is 0 Å². The minimum atomic E-state index is -1.19. The summed E-state index contributed by atoms with van der Waals surface area (Å²) in [6, 6.07) is -1.11. The molecule has 2 amide bonds. The Morgan fingerprint density at radius 2 is 2.12 bits per heavy atom. The number of aryl methyl sites for hydroxylation is 1. The zero-order chi connectivity index (χ0) is 18.4. The molecule has 1 heterocycles. The van der Waals surface area contributed by atoms with Crippen molar-refractivity contribution in [1.29, 1.82) is 0 Å². The molecule has 0 bridgehead atoms. The molecule has 0 aliphatic carbocycles. The molecule has 2 N–H and O–H groups in total. The van der Waals surface area contributed by atoms with Gasteiger partial charge in [0.25, 0.3) is 0 Å². The van der Waals surface area contributed by atoms with Crippen LogP contribution in [0.3, 0.4) is 0 Å². The van der Waals surface area contributed by atoms with Crippen molar-refractivity contribution >= 4 is 23.6 Å². The number of imidazole rings is 1. The number of carbonyl (C=O) groups is 3. The van der Waals surface area contributed by atoms with Gasteiger partial charge in [0.05, 0.1) is 0 Å².